The monoisotopic (exact) mass is 272 g/mol. The number of ether oxygens (including phenoxy) is 2. The summed E-state index contributed by atoms with van der Waals surface area (Å²) in [5, 5.41) is 0. The van der Waals surface area contributed by atoms with Crippen molar-refractivity contribution in [2.24, 2.45) is 0 Å². The molecule has 0 aliphatic heterocycles. The van der Waals surface area contributed by atoms with Crippen LogP contribution in [0.4, 0.5) is 0 Å². The van der Waals surface area contributed by atoms with Gasteiger partial charge >= 0.3 is 11.9 Å². The van der Waals surface area contributed by atoms with E-state index in [1.165, 1.54) is 26.4 Å². The van der Waals surface area contributed by atoms with Crippen LogP contribution in [0.1, 0.15) is 12.5 Å². The van der Waals surface area contributed by atoms with Gasteiger partial charge in [0.1, 0.15) is 0 Å². The zero-order chi connectivity index (χ0) is 15.0. The van der Waals surface area contributed by atoms with Crippen molar-refractivity contribution < 1.29 is 19.1 Å². The highest BCUT2D eigenvalue weighted by atomic mass is 16.5. The van der Waals surface area contributed by atoms with Crippen LogP contribution < -0.4 is 0 Å². The fourth-order valence-corrected chi connectivity index (χ4v) is 1.34. The third-order valence-electron chi connectivity index (χ3n) is 2.40. The molecule has 1 aromatic carbocycles. The predicted octanol–water partition coefficient (Wildman–Crippen LogP) is 2.88. The zero-order valence-electron chi connectivity index (χ0n) is 11.5. The number of methoxy groups -OCH3 is 1. The molecular weight excluding hydrogens is 256 g/mol. The second-order valence-electron chi connectivity index (χ2n) is 3.96. The molecule has 20 heavy (non-hydrogen) atoms. The van der Waals surface area contributed by atoms with Gasteiger partial charge in [-0.15, -0.1) is 0 Å². The van der Waals surface area contributed by atoms with Gasteiger partial charge in [0.15, 0.2) is 0 Å². The average molecular weight is 272 g/mol. The Morgan fingerprint density at radius 2 is 1.80 bits per heavy atom. The predicted molar refractivity (Wildman–Crippen MR) is 76.5 cm³/mol. The Bertz CT molecular complexity index is 553. The van der Waals surface area contributed by atoms with Crippen LogP contribution in [-0.4, -0.2) is 19.0 Å². The van der Waals surface area contributed by atoms with Gasteiger partial charge in [0.05, 0.1) is 18.9 Å². The molecule has 0 atom stereocenters. The lowest BCUT2D eigenvalue weighted by Gasteiger charge is -2.01. The molecule has 0 aliphatic rings. The highest BCUT2D eigenvalue weighted by Gasteiger charge is 2.08. The molecule has 0 bridgehead atoms. The summed E-state index contributed by atoms with van der Waals surface area (Å²) in [5.74, 6) is -1.14. The fraction of sp³-hybridized carbons (Fsp3) is 0.125. The van der Waals surface area contributed by atoms with E-state index in [1.54, 1.807) is 6.08 Å². The molecule has 4 nitrogen and oxygen atoms in total. The normalized spacial score (nSPS) is 11.2. The quantitative estimate of drug-likeness (QED) is 0.358. The van der Waals surface area contributed by atoms with Crippen molar-refractivity contribution in [3.05, 3.63) is 66.0 Å². The molecule has 104 valence electrons. The minimum atomic E-state index is -0.586. The molecule has 0 saturated heterocycles. The second-order valence-corrected chi connectivity index (χ2v) is 3.96. The Kier molecular flexibility index (Phi) is 5.97. The van der Waals surface area contributed by atoms with Crippen LogP contribution in [0.3, 0.4) is 0 Å². The van der Waals surface area contributed by atoms with Crippen molar-refractivity contribution in [2.75, 3.05) is 7.11 Å². The number of rotatable bonds is 5. The minimum absolute atomic E-state index is 0.0917. The van der Waals surface area contributed by atoms with Crippen molar-refractivity contribution in [3.8, 4) is 0 Å². The third-order valence-corrected chi connectivity index (χ3v) is 2.40. The van der Waals surface area contributed by atoms with E-state index in [9.17, 15) is 9.59 Å². The number of esters is 2. The molecule has 1 rings (SSSR count). The first kappa shape index (κ1) is 15.4. The van der Waals surface area contributed by atoms with E-state index in [0.29, 0.717) is 0 Å². The van der Waals surface area contributed by atoms with E-state index in [1.807, 2.05) is 30.3 Å². The number of hydrogen-bond donors (Lipinski definition) is 0. The molecule has 4 heteroatoms. The topological polar surface area (TPSA) is 52.6 Å². The Balaban J connectivity index is 2.58. The highest BCUT2D eigenvalue weighted by molar-refractivity contribution is 5.95. The summed E-state index contributed by atoms with van der Waals surface area (Å²) in [6.07, 6.45) is 4.29. The first-order chi connectivity index (χ1) is 9.54. The van der Waals surface area contributed by atoms with Crippen LogP contribution in [0, 0.1) is 0 Å². The summed E-state index contributed by atoms with van der Waals surface area (Å²) < 4.78 is 9.42. The van der Waals surface area contributed by atoms with Crippen molar-refractivity contribution in [2.45, 2.75) is 6.92 Å². The third kappa shape index (κ3) is 4.94. The standard InChI is InChI=1S/C16H16O4/c1-12(15(17)19-3)11-13(2)16(18)20-10-9-14-7-5-4-6-8-14/h4-11H,1H2,2-3H3. The summed E-state index contributed by atoms with van der Waals surface area (Å²) >= 11 is 0. The van der Waals surface area contributed by atoms with E-state index in [4.69, 9.17) is 4.74 Å². The maximum Gasteiger partial charge on any atom is 0.338 e. The highest BCUT2D eigenvalue weighted by Crippen LogP contribution is 2.06. The number of benzene rings is 1. The van der Waals surface area contributed by atoms with Gasteiger partial charge in [0, 0.05) is 5.57 Å². The first-order valence-corrected chi connectivity index (χ1v) is 5.92. The van der Waals surface area contributed by atoms with Gasteiger partial charge in [-0.3, -0.25) is 0 Å². The van der Waals surface area contributed by atoms with Crippen LogP contribution in [-0.2, 0) is 19.1 Å². The molecule has 0 spiro atoms. The second kappa shape index (κ2) is 7.74. The SMILES string of the molecule is C=C(C=C(C)C(=O)OC=Cc1ccccc1)C(=O)OC. The van der Waals surface area contributed by atoms with Gasteiger partial charge in [-0.2, -0.15) is 0 Å². The van der Waals surface area contributed by atoms with Crippen LogP contribution in [0.15, 0.2) is 60.4 Å². The maximum atomic E-state index is 11.6. The maximum absolute atomic E-state index is 11.6. The minimum Gasteiger partial charge on any atom is -0.465 e. The van der Waals surface area contributed by atoms with Gasteiger partial charge in [0.2, 0.25) is 0 Å². The number of carbonyl (C=O) groups is 2. The Labute approximate surface area is 118 Å². The van der Waals surface area contributed by atoms with Gasteiger partial charge in [0.25, 0.3) is 0 Å². The first-order valence-electron chi connectivity index (χ1n) is 5.92. The summed E-state index contributed by atoms with van der Waals surface area (Å²) in [6, 6.07) is 9.42. The van der Waals surface area contributed by atoms with Crippen molar-refractivity contribution in [3.63, 3.8) is 0 Å². The molecule has 0 unspecified atom stereocenters. The van der Waals surface area contributed by atoms with Gasteiger partial charge < -0.3 is 9.47 Å². The average Bonchev–Trinajstić information content (AvgIpc) is 2.47. The van der Waals surface area contributed by atoms with E-state index in [0.717, 1.165) is 5.56 Å². The molecule has 0 radical (unpaired) electrons. The largest absolute Gasteiger partial charge is 0.465 e. The van der Waals surface area contributed by atoms with Crippen LogP contribution in [0.5, 0.6) is 0 Å². The van der Waals surface area contributed by atoms with Gasteiger partial charge in [-0.05, 0) is 24.6 Å². The summed E-state index contributed by atoms with van der Waals surface area (Å²) in [5.41, 5.74) is 1.27. The molecular formula is C16H16O4. The van der Waals surface area contributed by atoms with Crippen LogP contribution in [0.2, 0.25) is 0 Å². The summed E-state index contributed by atoms with van der Waals surface area (Å²) in [4.78, 5) is 22.8. The van der Waals surface area contributed by atoms with Gasteiger partial charge in [-0.25, -0.2) is 9.59 Å². The van der Waals surface area contributed by atoms with Gasteiger partial charge in [-0.1, -0.05) is 36.9 Å². The molecule has 0 aromatic heterocycles. The number of carbonyl (C=O) groups excluding carboxylic acids is 2. The smallest absolute Gasteiger partial charge is 0.338 e. The summed E-state index contributed by atoms with van der Waals surface area (Å²) in [7, 11) is 1.25. The molecule has 0 fully saturated rings. The molecule has 0 saturated carbocycles. The molecule has 0 heterocycles. The lowest BCUT2D eigenvalue weighted by Crippen LogP contribution is -2.05. The lowest BCUT2D eigenvalue weighted by atomic mass is 10.2. The molecule has 1 aromatic rings. The van der Waals surface area contributed by atoms with Crippen LogP contribution in [0.25, 0.3) is 6.08 Å². The van der Waals surface area contributed by atoms with E-state index in [2.05, 4.69) is 11.3 Å². The zero-order valence-corrected chi connectivity index (χ0v) is 11.5. The van der Waals surface area contributed by atoms with Crippen LogP contribution >= 0.6 is 0 Å². The van der Waals surface area contributed by atoms with E-state index in [-0.39, 0.29) is 11.1 Å². The van der Waals surface area contributed by atoms with Crippen molar-refractivity contribution >= 4 is 18.0 Å². The number of hydrogen-bond acceptors (Lipinski definition) is 4. The Morgan fingerprint density at radius 3 is 2.40 bits per heavy atom. The molecule has 0 amide bonds. The van der Waals surface area contributed by atoms with Crippen molar-refractivity contribution in [1.82, 2.24) is 0 Å². The molecule has 0 N–H and O–H groups in total. The Hall–Kier alpha value is -2.62. The fourth-order valence-electron chi connectivity index (χ4n) is 1.34. The van der Waals surface area contributed by atoms with E-state index >= 15 is 0 Å². The van der Waals surface area contributed by atoms with E-state index < -0.39 is 11.9 Å². The Morgan fingerprint density at radius 1 is 1.15 bits per heavy atom. The van der Waals surface area contributed by atoms with Crippen molar-refractivity contribution in [1.29, 1.82) is 0 Å². The molecule has 0 aliphatic carbocycles. The lowest BCUT2D eigenvalue weighted by molar-refractivity contribution is -0.135. The summed E-state index contributed by atoms with van der Waals surface area (Å²) in [6.45, 7) is 5.03.